The van der Waals surface area contributed by atoms with E-state index >= 15 is 0 Å². The third-order valence-corrected chi connectivity index (χ3v) is 8.10. The fourth-order valence-electron chi connectivity index (χ4n) is 5.79. The number of H-pyrrole nitrogens is 1. The molecule has 35 heavy (non-hydrogen) atoms. The van der Waals surface area contributed by atoms with Crippen LogP contribution in [-0.2, 0) is 6.54 Å². The number of piperazine rings is 1. The van der Waals surface area contributed by atoms with E-state index in [0.29, 0.717) is 35.7 Å². The Kier molecular flexibility index (Phi) is 4.74. The van der Waals surface area contributed by atoms with Crippen LogP contribution < -0.4 is 15.8 Å². The van der Waals surface area contributed by atoms with Crippen LogP contribution >= 0.6 is 0 Å². The van der Waals surface area contributed by atoms with Crippen LogP contribution in [0.15, 0.2) is 41.5 Å². The van der Waals surface area contributed by atoms with E-state index in [1.807, 2.05) is 30.6 Å². The zero-order valence-corrected chi connectivity index (χ0v) is 19.9. The van der Waals surface area contributed by atoms with Gasteiger partial charge in [-0.05, 0) is 67.3 Å². The van der Waals surface area contributed by atoms with Gasteiger partial charge >= 0.3 is 0 Å². The summed E-state index contributed by atoms with van der Waals surface area (Å²) in [6.07, 6.45) is 8.16. The molecule has 8 heteroatoms. The van der Waals surface area contributed by atoms with Gasteiger partial charge in [0.15, 0.2) is 0 Å². The first-order valence-electron chi connectivity index (χ1n) is 12.8. The van der Waals surface area contributed by atoms with Gasteiger partial charge in [-0.1, -0.05) is 6.92 Å². The van der Waals surface area contributed by atoms with Crippen molar-refractivity contribution in [3.05, 3.63) is 63.8 Å². The summed E-state index contributed by atoms with van der Waals surface area (Å²) < 4.78 is 0. The minimum absolute atomic E-state index is 0.0353. The Morgan fingerprint density at radius 3 is 2.69 bits per heavy atom. The lowest BCUT2D eigenvalue weighted by molar-refractivity contribution is 0.0946. The molecule has 4 heterocycles. The van der Waals surface area contributed by atoms with Crippen molar-refractivity contribution >= 4 is 22.6 Å². The third kappa shape index (κ3) is 3.89. The number of aromatic amines is 1. The number of hydrogen-bond acceptors (Lipinski definition) is 6. The number of aromatic nitrogens is 3. The molecule has 1 amide bonds. The summed E-state index contributed by atoms with van der Waals surface area (Å²) >= 11 is 0. The fraction of sp³-hybridized carbons (Fsp3) is 0.481. The number of rotatable bonds is 6. The van der Waals surface area contributed by atoms with Crippen LogP contribution in [-0.4, -0.2) is 57.0 Å². The highest BCUT2D eigenvalue weighted by molar-refractivity contribution is 5.92. The number of nitrogens with one attached hydrogen (secondary N) is 2. The van der Waals surface area contributed by atoms with Gasteiger partial charge in [0.25, 0.3) is 11.5 Å². The Labute approximate surface area is 203 Å². The molecule has 0 bridgehead atoms. The molecule has 3 atom stereocenters. The van der Waals surface area contributed by atoms with E-state index in [1.54, 1.807) is 0 Å². The lowest BCUT2D eigenvalue weighted by Crippen LogP contribution is -2.46. The van der Waals surface area contributed by atoms with Crippen LogP contribution in [0.4, 0.5) is 5.69 Å². The SMILES string of the molecule is CC1C2C1N(c1ccc(C(=O)NC3CC3)nc1)CCN2Cc1cnc2cc(C3CC3)c(=O)[nH]c2c1. The van der Waals surface area contributed by atoms with Crippen molar-refractivity contribution in [1.29, 1.82) is 0 Å². The molecule has 1 saturated heterocycles. The van der Waals surface area contributed by atoms with Crippen molar-refractivity contribution in [2.24, 2.45) is 5.92 Å². The lowest BCUT2D eigenvalue weighted by atomic mass is 10.1. The monoisotopic (exact) mass is 470 g/mol. The summed E-state index contributed by atoms with van der Waals surface area (Å²) in [4.78, 5) is 41.9. The van der Waals surface area contributed by atoms with Gasteiger partial charge in [-0.15, -0.1) is 0 Å². The molecule has 3 unspecified atom stereocenters. The number of anilines is 1. The third-order valence-electron chi connectivity index (χ3n) is 8.10. The minimum Gasteiger partial charge on any atom is -0.364 e. The van der Waals surface area contributed by atoms with Crippen molar-refractivity contribution in [2.45, 2.75) is 63.2 Å². The summed E-state index contributed by atoms with van der Waals surface area (Å²) in [5.74, 6) is 0.904. The predicted molar refractivity (Wildman–Crippen MR) is 134 cm³/mol. The summed E-state index contributed by atoms with van der Waals surface area (Å²) in [6, 6.07) is 9.21. The van der Waals surface area contributed by atoms with Gasteiger partial charge < -0.3 is 15.2 Å². The smallest absolute Gasteiger partial charge is 0.270 e. The quantitative estimate of drug-likeness (QED) is 0.575. The highest BCUT2D eigenvalue weighted by atomic mass is 16.2. The Morgan fingerprint density at radius 2 is 1.94 bits per heavy atom. The van der Waals surface area contributed by atoms with Gasteiger partial charge in [0, 0.05) is 49.5 Å². The van der Waals surface area contributed by atoms with E-state index in [4.69, 9.17) is 0 Å². The number of nitrogens with zero attached hydrogens (tertiary/aromatic N) is 4. The molecule has 0 spiro atoms. The van der Waals surface area contributed by atoms with Gasteiger partial charge in [0.05, 0.1) is 22.9 Å². The van der Waals surface area contributed by atoms with Crippen LogP contribution in [0.2, 0.25) is 0 Å². The highest BCUT2D eigenvalue weighted by Crippen LogP contribution is 2.45. The maximum atomic E-state index is 12.5. The molecule has 2 N–H and O–H groups in total. The molecule has 3 aliphatic carbocycles. The van der Waals surface area contributed by atoms with E-state index in [2.05, 4.69) is 43.1 Å². The van der Waals surface area contributed by atoms with Gasteiger partial charge in [0.1, 0.15) is 5.69 Å². The van der Waals surface area contributed by atoms with Crippen LogP contribution in [0.3, 0.4) is 0 Å². The van der Waals surface area contributed by atoms with Crippen LogP contribution in [0.25, 0.3) is 11.0 Å². The summed E-state index contributed by atoms with van der Waals surface area (Å²) in [5, 5.41) is 3.00. The second kappa shape index (κ2) is 7.88. The average Bonchev–Trinajstić information content (AvgIpc) is 3.73. The largest absolute Gasteiger partial charge is 0.364 e. The molecule has 3 aromatic rings. The number of hydrogen-bond donors (Lipinski definition) is 2. The van der Waals surface area contributed by atoms with E-state index < -0.39 is 0 Å². The molecule has 3 saturated carbocycles. The number of carbonyl (C=O) groups excluding carboxylic acids is 1. The Hall–Kier alpha value is -3.26. The van der Waals surface area contributed by atoms with Crippen LogP contribution in [0, 0.1) is 5.92 Å². The first-order valence-corrected chi connectivity index (χ1v) is 12.8. The fourth-order valence-corrected chi connectivity index (χ4v) is 5.79. The molecule has 0 radical (unpaired) electrons. The molecular weight excluding hydrogens is 440 g/mol. The number of fused-ring (bicyclic) bond motifs is 2. The van der Waals surface area contributed by atoms with Gasteiger partial charge in [-0.2, -0.15) is 0 Å². The van der Waals surface area contributed by atoms with Crippen molar-refractivity contribution in [1.82, 2.24) is 25.2 Å². The molecule has 3 aromatic heterocycles. The Balaban J connectivity index is 1.04. The first-order chi connectivity index (χ1) is 17.0. The van der Waals surface area contributed by atoms with Crippen molar-refractivity contribution in [3.63, 3.8) is 0 Å². The maximum Gasteiger partial charge on any atom is 0.270 e. The first kappa shape index (κ1) is 21.1. The van der Waals surface area contributed by atoms with Crippen molar-refractivity contribution in [3.8, 4) is 0 Å². The number of pyridine rings is 3. The van der Waals surface area contributed by atoms with E-state index in [9.17, 15) is 9.59 Å². The molecule has 4 aliphatic rings. The topological polar surface area (TPSA) is 94.2 Å². The minimum atomic E-state index is -0.0735. The summed E-state index contributed by atoms with van der Waals surface area (Å²) in [7, 11) is 0. The molecule has 1 aliphatic heterocycles. The van der Waals surface area contributed by atoms with Crippen molar-refractivity contribution in [2.75, 3.05) is 18.0 Å². The number of carbonyl (C=O) groups is 1. The molecule has 4 fully saturated rings. The van der Waals surface area contributed by atoms with E-state index in [1.165, 1.54) is 0 Å². The highest BCUT2D eigenvalue weighted by Gasteiger charge is 2.56. The second-order valence-electron chi connectivity index (χ2n) is 10.8. The standard InChI is InChI=1S/C27H30N6O2/c1-15-24-25(15)33(19-6-7-21(29-13-19)27(35)30-18-4-5-18)9-8-32(24)14-16-10-23-22(28-12-16)11-20(17-2-3-17)26(34)31-23/h6-7,10-13,15,17-18,24-25H,2-5,8-9,14H2,1H3,(H,30,35)(H,31,34). The van der Waals surface area contributed by atoms with E-state index in [0.717, 1.165) is 73.2 Å². The van der Waals surface area contributed by atoms with Gasteiger partial charge in [-0.25, -0.2) is 4.98 Å². The van der Waals surface area contributed by atoms with Crippen LogP contribution in [0.1, 0.15) is 60.1 Å². The Morgan fingerprint density at radius 1 is 1.09 bits per heavy atom. The van der Waals surface area contributed by atoms with Gasteiger partial charge in [0.2, 0.25) is 0 Å². The van der Waals surface area contributed by atoms with E-state index in [-0.39, 0.29) is 11.5 Å². The summed E-state index contributed by atoms with van der Waals surface area (Å²) in [5.41, 5.74) is 5.33. The van der Waals surface area contributed by atoms with Crippen molar-refractivity contribution < 1.29 is 4.79 Å². The van der Waals surface area contributed by atoms with Gasteiger partial charge in [-0.3, -0.25) is 19.5 Å². The average molecular weight is 471 g/mol. The van der Waals surface area contributed by atoms with Crippen LogP contribution in [0.5, 0.6) is 0 Å². The molecular formula is C27H30N6O2. The lowest BCUT2D eigenvalue weighted by Gasteiger charge is -2.35. The second-order valence-corrected chi connectivity index (χ2v) is 10.8. The molecule has 0 aromatic carbocycles. The predicted octanol–water partition coefficient (Wildman–Crippen LogP) is 2.80. The zero-order valence-electron chi connectivity index (χ0n) is 19.9. The molecule has 8 nitrogen and oxygen atoms in total. The summed E-state index contributed by atoms with van der Waals surface area (Å²) in [6.45, 7) is 5.00. The molecule has 7 rings (SSSR count). The maximum absolute atomic E-state index is 12.5. The molecule has 180 valence electrons. The normalized spacial score (nSPS) is 26.0. The Bertz CT molecular complexity index is 1360. The number of amides is 1. The zero-order chi connectivity index (χ0) is 23.7.